The molecule has 0 aliphatic rings. The van der Waals surface area contributed by atoms with Gasteiger partial charge in [-0.25, -0.2) is 0 Å². The minimum Gasteiger partial charge on any atom is -0.434 e. The smallest absolute Gasteiger partial charge is 0.387 e. The van der Waals surface area contributed by atoms with Gasteiger partial charge in [0.15, 0.2) is 0 Å². The average Bonchev–Trinajstić information content (AvgIpc) is 2.42. The molecule has 3 N–H and O–H groups in total. The summed E-state index contributed by atoms with van der Waals surface area (Å²) in [6, 6.07) is 11.9. The van der Waals surface area contributed by atoms with E-state index in [0.717, 1.165) is 10.2 Å². The Hall–Kier alpha value is -1.82. The van der Waals surface area contributed by atoms with Crippen molar-refractivity contribution in [3.63, 3.8) is 0 Å². The van der Waals surface area contributed by atoms with Crippen LogP contribution in [0.1, 0.15) is 18.5 Å². The molecule has 1 unspecified atom stereocenters. The second-order valence-corrected chi connectivity index (χ2v) is 5.43. The Balaban J connectivity index is 2.24. The summed E-state index contributed by atoms with van der Waals surface area (Å²) >= 11 is 3.37. The number of hydrogen-bond donors (Lipinski definition) is 2. The van der Waals surface area contributed by atoms with Crippen LogP contribution in [-0.4, -0.2) is 6.61 Å². The molecule has 21 heavy (non-hydrogen) atoms. The third-order valence-electron chi connectivity index (χ3n) is 2.99. The van der Waals surface area contributed by atoms with E-state index >= 15 is 0 Å². The van der Waals surface area contributed by atoms with E-state index in [4.69, 9.17) is 5.73 Å². The Bertz CT molecular complexity index is 622. The highest BCUT2D eigenvalue weighted by molar-refractivity contribution is 9.10. The molecule has 0 saturated heterocycles. The van der Waals surface area contributed by atoms with E-state index in [1.165, 1.54) is 6.07 Å². The number of hydrogen-bond acceptors (Lipinski definition) is 3. The van der Waals surface area contributed by atoms with Crippen molar-refractivity contribution in [1.29, 1.82) is 0 Å². The highest BCUT2D eigenvalue weighted by Gasteiger charge is 2.15. The van der Waals surface area contributed by atoms with Crippen LogP contribution in [0, 0.1) is 0 Å². The fourth-order valence-electron chi connectivity index (χ4n) is 2.01. The first kappa shape index (κ1) is 15.6. The van der Waals surface area contributed by atoms with E-state index in [9.17, 15) is 8.78 Å². The summed E-state index contributed by atoms with van der Waals surface area (Å²) in [5.74, 6) is 0.154. The number of nitrogens with two attached hydrogens (primary N) is 1. The van der Waals surface area contributed by atoms with Crippen molar-refractivity contribution >= 4 is 27.3 Å². The molecular formula is C15H15BrF2N2O. The van der Waals surface area contributed by atoms with Gasteiger partial charge in [0.1, 0.15) is 5.75 Å². The maximum Gasteiger partial charge on any atom is 0.387 e. The maximum absolute atomic E-state index is 12.4. The SMILES string of the molecule is CC(Nc1cc(Br)ccc1N)c1ccccc1OC(F)F. The molecule has 0 heterocycles. The number of halogens is 3. The molecule has 112 valence electrons. The van der Waals surface area contributed by atoms with E-state index in [1.54, 1.807) is 24.3 Å². The maximum atomic E-state index is 12.4. The molecule has 2 rings (SSSR count). The van der Waals surface area contributed by atoms with E-state index in [-0.39, 0.29) is 11.8 Å². The third kappa shape index (κ3) is 4.07. The van der Waals surface area contributed by atoms with Gasteiger partial charge in [0.25, 0.3) is 0 Å². The van der Waals surface area contributed by atoms with Crippen LogP contribution >= 0.6 is 15.9 Å². The van der Waals surface area contributed by atoms with Crippen molar-refractivity contribution in [2.24, 2.45) is 0 Å². The van der Waals surface area contributed by atoms with Crippen LogP contribution in [0.3, 0.4) is 0 Å². The van der Waals surface area contributed by atoms with E-state index in [1.807, 2.05) is 19.1 Å². The second-order valence-electron chi connectivity index (χ2n) is 4.51. The van der Waals surface area contributed by atoms with Gasteiger partial charge in [-0.1, -0.05) is 34.1 Å². The zero-order valence-corrected chi connectivity index (χ0v) is 12.9. The van der Waals surface area contributed by atoms with Crippen LogP contribution in [0.5, 0.6) is 5.75 Å². The Morgan fingerprint density at radius 2 is 1.90 bits per heavy atom. The van der Waals surface area contributed by atoms with Crippen LogP contribution in [-0.2, 0) is 0 Å². The second kappa shape index (κ2) is 6.76. The molecule has 6 heteroatoms. The Morgan fingerprint density at radius 3 is 2.62 bits per heavy atom. The highest BCUT2D eigenvalue weighted by atomic mass is 79.9. The Labute approximate surface area is 130 Å². The van der Waals surface area contributed by atoms with Gasteiger partial charge in [-0.15, -0.1) is 0 Å². The van der Waals surface area contributed by atoms with Gasteiger partial charge in [-0.05, 0) is 31.2 Å². The van der Waals surface area contributed by atoms with Gasteiger partial charge >= 0.3 is 6.61 Å². The molecule has 0 bridgehead atoms. The Morgan fingerprint density at radius 1 is 1.19 bits per heavy atom. The first-order chi connectivity index (χ1) is 9.97. The summed E-state index contributed by atoms with van der Waals surface area (Å²) in [5.41, 5.74) is 7.84. The van der Waals surface area contributed by atoms with Crippen molar-refractivity contribution in [3.8, 4) is 5.75 Å². The van der Waals surface area contributed by atoms with E-state index in [0.29, 0.717) is 11.3 Å². The molecule has 0 aromatic heterocycles. The molecule has 3 nitrogen and oxygen atoms in total. The van der Waals surface area contributed by atoms with Gasteiger partial charge in [0.2, 0.25) is 0 Å². The number of nitrogen functional groups attached to an aromatic ring is 1. The van der Waals surface area contributed by atoms with Crippen LogP contribution in [0.25, 0.3) is 0 Å². The summed E-state index contributed by atoms with van der Waals surface area (Å²) in [6.07, 6.45) is 0. The molecular weight excluding hydrogens is 342 g/mol. The van der Waals surface area contributed by atoms with Gasteiger partial charge < -0.3 is 15.8 Å². The van der Waals surface area contributed by atoms with Crippen molar-refractivity contribution in [2.45, 2.75) is 19.6 Å². The van der Waals surface area contributed by atoms with Gasteiger partial charge in [-0.3, -0.25) is 0 Å². The predicted molar refractivity (Wildman–Crippen MR) is 83.7 cm³/mol. The molecule has 2 aromatic rings. The fourth-order valence-corrected chi connectivity index (χ4v) is 2.37. The molecule has 0 saturated carbocycles. The van der Waals surface area contributed by atoms with E-state index < -0.39 is 6.61 Å². The number of nitrogens with one attached hydrogen (secondary N) is 1. The lowest BCUT2D eigenvalue weighted by Crippen LogP contribution is -2.12. The topological polar surface area (TPSA) is 47.3 Å². The first-order valence-corrected chi connectivity index (χ1v) is 7.12. The molecule has 2 aromatic carbocycles. The minimum absolute atomic E-state index is 0.154. The molecule has 0 aliphatic carbocycles. The van der Waals surface area contributed by atoms with Gasteiger partial charge in [-0.2, -0.15) is 8.78 Å². The molecule has 0 aliphatic heterocycles. The van der Waals surface area contributed by atoms with Gasteiger partial charge in [0.05, 0.1) is 17.4 Å². The summed E-state index contributed by atoms with van der Waals surface area (Å²) < 4.78 is 30.3. The van der Waals surface area contributed by atoms with Crippen LogP contribution < -0.4 is 15.8 Å². The standard InChI is InChI=1S/C15H15BrF2N2O/c1-9(20-13-8-10(16)6-7-12(13)19)11-4-2-3-5-14(11)21-15(17)18/h2-9,15,20H,19H2,1H3. The molecule has 0 radical (unpaired) electrons. The predicted octanol–water partition coefficient (Wildman–Crippen LogP) is 4.81. The minimum atomic E-state index is -2.85. The third-order valence-corrected chi connectivity index (χ3v) is 3.48. The van der Waals surface area contributed by atoms with Crippen molar-refractivity contribution in [1.82, 2.24) is 0 Å². The lowest BCUT2D eigenvalue weighted by Gasteiger charge is -2.20. The number of ether oxygens (including phenoxy) is 1. The molecule has 0 fully saturated rings. The summed E-state index contributed by atoms with van der Waals surface area (Å²) in [7, 11) is 0. The first-order valence-electron chi connectivity index (χ1n) is 6.32. The number of rotatable bonds is 5. The van der Waals surface area contributed by atoms with Crippen molar-refractivity contribution in [3.05, 3.63) is 52.5 Å². The largest absolute Gasteiger partial charge is 0.434 e. The molecule has 0 spiro atoms. The van der Waals surface area contributed by atoms with Crippen molar-refractivity contribution < 1.29 is 13.5 Å². The molecule has 0 amide bonds. The highest BCUT2D eigenvalue weighted by Crippen LogP contribution is 2.31. The van der Waals surface area contributed by atoms with Crippen LogP contribution in [0.2, 0.25) is 0 Å². The van der Waals surface area contributed by atoms with Crippen molar-refractivity contribution in [2.75, 3.05) is 11.1 Å². The number of anilines is 2. The monoisotopic (exact) mass is 356 g/mol. The molecule has 1 atom stereocenters. The average molecular weight is 357 g/mol. The summed E-state index contributed by atoms with van der Waals surface area (Å²) in [4.78, 5) is 0. The zero-order chi connectivity index (χ0) is 15.4. The summed E-state index contributed by atoms with van der Waals surface area (Å²) in [6.45, 7) is -0.997. The lowest BCUT2D eigenvalue weighted by atomic mass is 10.1. The number of benzene rings is 2. The van der Waals surface area contributed by atoms with Crippen LogP contribution in [0.4, 0.5) is 20.2 Å². The normalized spacial score (nSPS) is 12.2. The fraction of sp³-hybridized carbons (Fsp3) is 0.200. The van der Waals surface area contributed by atoms with E-state index in [2.05, 4.69) is 26.0 Å². The Kier molecular flexibility index (Phi) is 5.01. The zero-order valence-electron chi connectivity index (χ0n) is 11.3. The summed E-state index contributed by atoms with van der Waals surface area (Å²) in [5, 5.41) is 3.20. The number of para-hydroxylation sites is 1. The van der Waals surface area contributed by atoms with Crippen LogP contribution in [0.15, 0.2) is 46.9 Å². The quantitative estimate of drug-likeness (QED) is 0.756. The lowest BCUT2D eigenvalue weighted by molar-refractivity contribution is -0.0505. The number of alkyl halides is 2. The van der Waals surface area contributed by atoms with Gasteiger partial charge in [0, 0.05) is 10.0 Å².